The molecule has 6 nitrogen and oxygen atoms in total. The van der Waals surface area contributed by atoms with Gasteiger partial charge in [-0.05, 0) is 31.9 Å². The van der Waals surface area contributed by atoms with Gasteiger partial charge in [-0.1, -0.05) is 23.7 Å². The van der Waals surface area contributed by atoms with Crippen LogP contribution in [0, 0.1) is 6.92 Å². The number of primary amides is 1. The number of hydrazone groups is 1. The van der Waals surface area contributed by atoms with E-state index in [4.69, 9.17) is 21.8 Å². The van der Waals surface area contributed by atoms with Crippen molar-refractivity contribution in [3.63, 3.8) is 0 Å². The zero-order chi connectivity index (χ0) is 17.3. The van der Waals surface area contributed by atoms with Crippen molar-refractivity contribution in [1.29, 1.82) is 0 Å². The number of hydrogen-bond acceptors (Lipinski definition) is 4. The maximum atomic E-state index is 12.2. The fraction of sp³-hybridized carbons (Fsp3) is 0.235. The summed E-state index contributed by atoms with van der Waals surface area (Å²) in [7, 11) is 0. The molecule has 7 heteroatoms. The van der Waals surface area contributed by atoms with Gasteiger partial charge in [0.05, 0.1) is 16.3 Å². The molecule has 1 heterocycles. The molecule has 0 radical (unpaired) electrons. The molecule has 1 aromatic carbocycles. The first-order chi connectivity index (χ1) is 11.5. The standard InChI is InChI=1S/C17H16ClN3O3/c1-9-14-12(7-4-8-13(14)24-15(9)16(19)22)20-21-17(23)10-5-2-3-6-11(10)18/h2-3,5-6H,4,7-8H2,1H3,(H2,19,22)(H,21,23)/b20-12+. The zero-order valence-corrected chi connectivity index (χ0v) is 13.8. The summed E-state index contributed by atoms with van der Waals surface area (Å²) in [6.07, 6.45) is 2.20. The highest BCUT2D eigenvalue weighted by molar-refractivity contribution is 6.33. The van der Waals surface area contributed by atoms with Crippen molar-refractivity contribution in [2.45, 2.75) is 26.2 Å². The van der Waals surface area contributed by atoms with E-state index < -0.39 is 11.8 Å². The Labute approximate surface area is 143 Å². The molecule has 0 atom stereocenters. The molecule has 0 spiro atoms. The molecule has 3 rings (SSSR count). The predicted molar refractivity (Wildman–Crippen MR) is 90.4 cm³/mol. The smallest absolute Gasteiger partial charge is 0.284 e. The van der Waals surface area contributed by atoms with Crippen molar-refractivity contribution in [3.8, 4) is 0 Å². The van der Waals surface area contributed by atoms with Crippen LogP contribution in [0.2, 0.25) is 5.02 Å². The lowest BCUT2D eigenvalue weighted by molar-refractivity contribution is 0.0952. The van der Waals surface area contributed by atoms with E-state index in [1.54, 1.807) is 31.2 Å². The number of nitrogens with two attached hydrogens (primary N) is 1. The summed E-state index contributed by atoms with van der Waals surface area (Å²) in [5.41, 5.74) is 10.3. The molecule has 24 heavy (non-hydrogen) atoms. The molecule has 124 valence electrons. The number of hydrogen-bond donors (Lipinski definition) is 2. The summed E-state index contributed by atoms with van der Waals surface area (Å²) >= 11 is 6.01. The van der Waals surface area contributed by atoms with Gasteiger partial charge in [0, 0.05) is 17.5 Å². The van der Waals surface area contributed by atoms with Crippen LogP contribution in [0.4, 0.5) is 0 Å². The molecular weight excluding hydrogens is 330 g/mol. The Kier molecular flexibility index (Phi) is 4.40. The van der Waals surface area contributed by atoms with Crippen molar-refractivity contribution in [2.24, 2.45) is 10.8 Å². The second kappa shape index (κ2) is 6.49. The van der Waals surface area contributed by atoms with Gasteiger partial charge in [0.25, 0.3) is 11.8 Å². The van der Waals surface area contributed by atoms with Crippen molar-refractivity contribution < 1.29 is 14.0 Å². The van der Waals surface area contributed by atoms with E-state index in [1.807, 2.05) is 0 Å². The van der Waals surface area contributed by atoms with Gasteiger partial charge < -0.3 is 10.2 Å². The highest BCUT2D eigenvalue weighted by Crippen LogP contribution is 2.29. The number of carbonyl (C=O) groups excluding carboxylic acids is 2. The number of furan rings is 1. The lowest BCUT2D eigenvalue weighted by Crippen LogP contribution is -2.22. The van der Waals surface area contributed by atoms with Gasteiger partial charge in [-0.3, -0.25) is 9.59 Å². The summed E-state index contributed by atoms with van der Waals surface area (Å²) in [5.74, 6) is -0.178. The number of benzene rings is 1. The fourth-order valence-electron chi connectivity index (χ4n) is 2.84. The molecule has 2 amide bonds. The van der Waals surface area contributed by atoms with Crippen LogP contribution in [-0.4, -0.2) is 17.5 Å². The predicted octanol–water partition coefficient (Wildman–Crippen LogP) is 2.81. The van der Waals surface area contributed by atoms with E-state index in [9.17, 15) is 9.59 Å². The number of fused-ring (bicyclic) bond motifs is 1. The van der Waals surface area contributed by atoms with E-state index in [-0.39, 0.29) is 5.76 Å². The zero-order valence-electron chi connectivity index (χ0n) is 13.1. The third-order valence-corrected chi connectivity index (χ3v) is 4.29. The summed E-state index contributed by atoms with van der Waals surface area (Å²) < 4.78 is 5.55. The average molecular weight is 346 g/mol. The van der Waals surface area contributed by atoms with Gasteiger partial charge in [-0.2, -0.15) is 5.10 Å². The molecule has 1 aromatic heterocycles. The summed E-state index contributed by atoms with van der Waals surface area (Å²) in [6, 6.07) is 6.74. The van der Waals surface area contributed by atoms with Gasteiger partial charge in [0.2, 0.25) is 0 Å². The number of carbonyl (C=O) groups is 2. The SMILES string of the molecule is Cc1c(C(N)=O)oc2c1/C(=N/NC(=O)c1ccccc1Cl)CCC2. The van der Waals surface area contributed by atoms with Crippen LogP contribution in [-0.2, 0) is 6.42 Å². The Bertz CT molecular complexity index is 855. The van der Waals surface area contributed by atoms with Gasteiger partial charge in [-0.25, -0.2) is 5.43 Å². The first-order valence-corrected chi connectivity index (χ1v) is 7.90. The molecule has 0 saturated heterocycles. The van der Waals surface area contributed by atoms with Crippen LogP contribution < -0.4 is 11.2 Å². The molecular formula is C17H16ClN3O3. The number of amides is 2. The lowest BCUT2D eigenvalue weighted by atomic mass is 9.93. The van der Waals surface area contributed by atoms with E-state index in [0.717, 1.165) is 12.0 Å². The highest BCUT2D eigenvalue weighted by atomic mass is 35.5. The highest BCUT2D eigenvalue weighted by Gasteiger charge is 2.27. The van der Waals surface area contributed by atoms with Crippen molar-refractivity contribution in [2.75, 3.05) is 0 Å². The van der Waals surface area contributed by atoms with Crippen LogP contribution >= 0.6 is 11.6 Å². The number of aryl methyl sites for hydroxylation is 1. The van der Waals surface area contributed by atoms with Gasteiger partial charge in [0.1, 0.15) is 5.76 Å². The molecule has 3 N–H and O–H groups in total. The third kappa shape index (κ3) is 2.92. The van der Waals surface area contributed by atoms with E-state index in [2.05, 4.69) is 10.5 Å². The Morgan fingerprint density at radius 3 is 2.75 bits per heavy atom. The van der Waals surface area contributed by atoms with Crippen LogP contribution in [0.1, 0.15) is 50.6 Å². The van der Waals surface area contributed by atoms with Crippen molar-refractivity contribution >= 4 is 29.1 Å². The number of rotatable bonds is 3. The van der Waals surface area contributed by atoms with Crippen molar-refractivity contribution in [3.05, 3.63) is 57.5 Å². The Morgan fingerprint density at radius 1 is 1.29 bits per heavy atom. The average Bonchev–Trinajstić information content (AvgIpc) is 2.91. The number of nitrogens with zero attached hydrogens (tertiary/aromatic N) is 1. The second-order valence-corrected chi connectivity index (χ2v) is 5.96. The van der Waals surface area contributed by atoms with Crippen LogP contribution in [0.25, 0.3) is 0 Å². The Balaban J connectivity index is 1.89. The van der Waals surface area contributed by atoms with E-state index in [0.29, 0.717) is 40.5 Å². The van der Waals surface area contributed by atoms with Gasteiger partial charge in [0.15, 0.2) is 5.76 Å². The maximum absolute atomic E-state index is 12.2. The monoisotopic (exact) mass is 345 g/mol. The van der Waals surface area contributed by atoms with E-state index in [1.165, 1.54) is 0 Å². The molecule has 0 fully saturated rings. The first-order valence-electron chi connectivity index (χ1n) is 7.53. The van der Waals surface area contributed by atoms with Crippen LogP contribution in [0.3, 0.4) is 0 Å². The fourth-order valence-corrected chi connectivity index (χ4v) is 3.06. The summed E-state index contributed by atoms with van der Waals surface area (Å²) in [4.78, 5) is 23.7. The molecule has 1 aliphatic carbocycles. The molecule has 0 saturated carbocycles. The van der Waals surface area contributed by atoms with E-state index >= 15 is 0 Å². The molecule has 0 aliphatic heterocycles. The minimum absolute atomic E-state index is 0.145. The minimum Gasteiger partial charge on any atom is -0.455 e. The first kappa shape index (κ1) is 16.3. The molecule has 1 aliphatic rings. The van der Waals surface area contributed by atoms with Crippen molar-refractivity contribution in [1.82, 2.24) is 5.43 Å². The van der Waals surface area contributed by atoms with Gasteiger partial charge >= 0.3 is 0 Å². The largest absolute Gasteiger partial charge is 0.455 e. The maximum Gasteiger partial charge on any atom is 0.284 e. The summed E-state index contributed by atoms with van der Waals surface area (Å²) in [6.45, 7) is 1.76. The van der Waals surface area contributed by atoms with Crippen LogP contribution in [0.15, 0.2) is 33.8 Å². The quantitative estimate of drug-likeness (QED) is 0.837. The van der Waals surface area contributed by atoms with Gasteiger partial charge in [-0.15, -0.1) is 0 Å². The molecule has 2 aromatic rings. The summed E-state index contributed by atoms with van der Waals surface area (Å²) in [5, 5.41) is 4.58. The number of halogens is 1. The Morgan fingerprint density at radius 2 is 2.04 bits per heavy atom. The molecule has 0 unspecified atom stereocenters. The van der Waals surface area contributed by atoms with Crippen LogP contribution in [0.5, 0.6) is 0 Å². The molecule has 0 bridgehead atoms. The lowest BCUT2D eigenvalue weighted by Gasteiger charge is -2.13. The Hall–Kier alpha value is -2.60. The second-order valence-electron chi connectivity index (χ2n) is 5.55. The third-order valence-electron chi connectivity index (χ3n) is 3.96. The topological polar surface area (TPSA) is 97.7 Å². The normalized spacial score (nSPS) is 15.2. The number of nitrogens with one attached hydrogen (secondary N) is 1. The minimum atomic E-state index is -0.610.